The van der Waals surface area contributed by atoms with E-state index in [1.165, 1.54) is 0 Å². The Balaban J connectivity index is 2.37. The van der Waals surface area contributed by atoms with Gasteiger partial charge < -0.3 is 15.2 Å². The molecule has 2 saturated heterocycles. The Morgan fingerprint density at radius 2 is 2.25 bits per heavy atom. The van der Waals surface area contributed by atoms with Crippen LogP contribution in [-0.2, 0) is 9.53 Å². The Hall–Kier alpha value is -0.880. The molecule has 0 amide bonds. The zero-order valence-electron chi connectivity index (χ0n) is 9.61. The van der Waals surface area contributed by atoms with E-state index < -0.39 is 17.7 Å². The molecule has 2 atom stereocenters. The van der Waals surface area contributed by atoms with Crippen molar-refractivity contribution in [3.8, 4) is 0 Å². The normalized spacial score (nSPS) is 36.8. The van der Waals surface area contributed by atoms with E-state index in [9.17, 15) is 9.90 Å². The number of ether oxygens (including phenoxy) is 1. The van der Waals surface area contributed by atoms with Gasteiger partial charge >= 0.3 is 5.97 Å². The lowest BCUT2D eigenvalue weighted by Crippen LogP contribution is -2.66. The summed E-state index contributed by atoms with van der Waals surface area (Å²) in [6.45, 7) is 5.55. The van der Waals surface area contributed by atoms with Crippen LogP contribution in [0, 0.1) is 0 Å². The minimum Gasteiger partial charge on any atom is -0.437 e. The van der Waals surface area contributed by atoms with Gasteiger partial charge in [0.05, 0.1) is 6.61 Å². The molecule has 2 aliphatic heterocycles. The molecular formula is C10H16N2O3S. The van der Waals surface area contributed by atoms with E-state index in [-0.39, 0.29) is 12.1 Å². The highest BCUT2D eigenvalue weighted by molar-refractivity contribution is 7.80. The van der Waals surface area contributed by atoms with Crippen LogP contribution in [0.2, 0.25) is 0 Å². The van der Waals surface area contributed by atoms with Crippen molar-refractivity contribution in [2.45, 2.75) is 44.5 Å². The fourth-order valence-corrected chi connectivity index (χ4v) is 3.21. The molecule has 0 radical (unpaired) electrons. The van der Waals surface area contributed by atoms with Crippen LogP contribution in [0.25, 0.3) is 0 Å². The molecule has 2 N–H and O–H groups in total. The highest BCUT2D eigenvalue weighted by Gasteiger charge is 2.56. The topological polar surface area (TPSA) is 61.8 Å². The lowest BCUT2D eigenvalue weighted by atomic mass is 9.90. The smallest absolute Gasteiger partial charge is 0.333 e. The number of carbonyl (C=O) groups excluding carboxylic acids is 1. The van der Waals surface area contributed by atoms with Gasteiger partial charge in [0.15, 0.2) is 16.9 Å². The number of hydrogen-bond acceptors (Lipinski definition) is 4. The Morgan fingerprint density at radius 1 is 1.62 bits per heavy atom. The van der Waals surface area contributed by atoms with Crippen molar-refractivity contribution in [2.24, 2.45) is 0 Å². The predicted molar refractivity (Wildman–Crippen MR) is 61.6 cm³/mol. The molecule has 0 saturated carbocycles. The molecule has 0 aromatic carbocycles. The quantitative estimate of drug-likeness (QED) is 0.499. The summed E-state index contributed by atoms with van der Waals surface area (Å²) in [4.78, 5) is 13.3. The summed E-state index contributed by atoms with van der Waals surface area (Å²) in [6, 6.07) is -0.680. The number of fused-ring (bicyclic) bond motifs is 1. The largest absolute Gasteiger partial charge is 0.437 e. The van der Waals surface area contributed by atoms with E-state index in [2.05, 4.69) is 5.32 Å². The molecule has 2 aliphatic rings. The van der Waals surface area contributed by atoms with Gasteiger partial charge in [0.1, 0.15) is 0 Å². The molecule has 0 aliphatic carbocycles. The van der Waals surface area contributed by atoms with Crippen LogP contribution in [0.5, 0.6) is 0 Å². The second-order valence-electron chi connectivity index (χ2n) is 5.16. The van der Waals surface area contributed by atoms with Crippen LogP contribution < -0.4 is 5.32 Å². The van der Waals surface area contributed by atoms with Gasteiger partial charge in [-0.25, -0.2) is 4.79 Å². The number of esters is 1. The maximum Gasteiger partial charge on any atom is 0.333 e. The number of aliphatic hydroxyl groups is 1. The van der Waals surface area contributed by atoms with Crippen molar-refractivity contribution >= 4 is 23.3 Å². The van der Waals surface area contributed by atoms with Crippen LogP contribution in [0.4, 0.5) is 0 Å². The van der Waals surface area contributed by atoms with E-state index in [4.69, 9.17) is 17.0 Å². The summed E-state index contributed by atoms with van der Waals surface area (Å²) in [5, 5.41) is 12.8. The van der Waals surface area contributed by atoms with Gasteiger partial charge in [-0.3, -0.25) is 4.90 Å². The maximum absolute atomic E-state index is 11.6. The van der Waals surface area contributed by atoms with Crippen molar-refractivity contribution in [1.29, 1.82) is 0 Å². The van der Waals surface area contributed by atoms with Gasteiger partial charge in [-0.2, -0.15) is 0 Å². The van der Waals surface area contributed by atoms with E-state index in [0.29, 0.717) is 11.5 Å². The van der Waals surface area contributed by atoms with E-state index in [1.807, 2.05) is 20.8 Å². The molecule has 0 aromatic rings. The summed E-state index contributed by atoms with van der Waals surface area (Å²) in [7, 11) is 0. The number of nitrogens with zero attached hydrogens (tertiary/aromatic N) is 1. The zero-order valence-corrected chi connectivity index (χ0v) is 10.4. The Bertz CT molecular complexity index is 358. The van der Waals surface area contributed by atoms with Crippen LogP contribution in [-0.4, -0.2) is 45.0 Å². The molecule has 16 heavy (non-hydrogen) atoms. The van der Waals surface area contributed by atoms with E-state index in [1.54, 1.807) is 4.90 Å². The average Bonchev–Trinajstić information content (AvgIpc) is 2.32. The molecule has 0 bridgehead atoms. The van der Waals surface area contributed by atoms with Crippen molar-refractivity contribution in [2.75, 3.05) is 6.61 Å². The summed E-state index contributed by atoms with van der Waals surface area (Å²) in [5.41, 5.74) is -0.955. The van der Waals surface area contributed by atoms with Gasteiger partial charge in [0.2, 0.25) is 0 Å². The number of hydrogen-bond donors (Lipinski definition) is 2. The van der Waals surface area contributed by atoms with Gasteiger partial charge in [0, 0.05) is 12.0 Å². The molecule has 2 fully saturated rings. The monoisotopic (exact) mass is 244 g/mol. The Morgan fingerprint density at radius 3 is 2.81 bits per heavy atom. The van der Waals surface area contributed by atoms with Crippen LogP contribution in [0.3, 0.4) is 0 Å². The third-order valence-corrected chi connectivity index (χ3v) is 3.32. The Kier molecular flexibility index (Phi) is 2.40. The first-order valence-corrected chi connectivity index (χ1v) is 5.65. The molecule has 0 spiro atoms. The lowest BCUT2D eigenvalue weighted by molar-refractivity contribution is -0.153. The van der Waals surface area contributed by atoms with Crippen LogP contribution in [0.1, 0.15) is 27.2 Å². The van der Waals surface area contributed by atoms with Crippen LogP contribution in [0.15, 0.2) is 0 Å². The van der Waals surface area contributed by atoms with Crippen molar-refractivity contribution in [1.82, 2.24) is 10.2 Å². The fraction of sp³-hybridized carbons (Fsp3) is 0.800. The van der Waals surface area contributed by atoms with Crippen molar-refractivity contribution < 1.29 is 14.6 Å². The second-order valence-corrected chi connectivity index (χ2v) is 5.54. The first-order valence-electron chi connectivity index (χ1n) is 5.24. The molecule has 5 nitrogen and oxygen atoms in total. The molecule has 2 rings (SSSR count). The SMILES string of the molecule is CC1(C)C[C@@]2(C)OC(=O)[C@H](CO)N2C(=S)N1. The molecule has 90 valence electrons. The number of thiocarbonyl (C=S) groups is 1. The molecule has 0 unspecified atom stereocenters. The summed E-state index contributed by atoms with van der Waals surface area (Å²) in [6.07, 6.45) is 0.627. The minimum absolute atomic E-state index is 0.215. The average molecular weight is 244 g/mol. The van der Waals surface area contributed by atoms with Gasteiger partial charge in [-0.1, -0.05) is 0 Å². The molecule has 6 heteroatoms. The zero-order chi connectivity index (χ0) is 12.1. The van der Waals surface area contributed by atoms with Crippen molar-refractivity contribution in [3.05, 3.63) is 0 Å². The Labute approximate surface area is 99.7 Å². The number of aliphatic hydroxyl groups excluding tert-OH is 1. The third kappa shape index (κ3) is 1.56. The summed E-state index contributed by atoms with van der Waals surface area (Å²) < 4.78 is 5.36. The molecule has 0 aromatic heterocycles. The van der Waals surface area contributed by atoms with Crippen molar-refractivity contribution in [3.63, 3.8) is 0 Å². The lowest BCUT2D eigenvalue weighted by Gasteiger charge is -2.47. The van der Waals surface area contributed by atoms with Crippen LogP contribution >= 0.6 is 12.2 Å². The third-order valence-electron chi connectivity index (χ3n) is 3.02. The highest BCUT2D eigenvalue weighted by Crippen LogP contribution is 2.38. The highest BCUT2D eigenvalue weighted by atomic mass is 32.1. The number of carbonyl (C=O) groups is 1. The minimum atomic E-state index is -0.740. The predicted octanol–water partition coefficient (Wildman–Crippen LogP) is -0.0209. The first kappa shape index (κ1) is 11.6. The van der Waals surface area contributed by atoms with E-state index >= 15 is 0 Å². The van der Waals surface area contributed by atoms with Gasteiger partial charge in [0.25, 0.3) is 0 Å². The van der Waals surface area contributed by atoms with Gasteiger partial charge in [-0.05, 0) is 33.0 Å². The first-order chi connectivity index (χ1) is 7.29. The summed E-state index contributed by atoms with van der Waals surface area (Å²) >= 11 is 5.23. The molecular weight excluding hydrogens is 228 g/mol. The van der Waals surface area contributed by atoms with E-state index in [0.717, 1.165) is 0 Å². The number of rotatable bonds is 1. The standard InChI is InChI=1S/C10H16N2O3S/c1-9(2)5-10(3)12(8(16)11-9)6(4-13)7(14)15-10/h6,13H,4-5H2,1-3H3,(H,11,16)/t6-,10+/m0/s1. The van der Waals surface area contributed by atoms with Gasteiger partial charge in [-0.15, -0.1) is 0 Å². The molecule has 2 heterocycles. The second kappa shape index (κ2) is 3.30. The summed E-state index contributed by atoms with van der Waals surface area (Å²) in [5.74, 6) is -0.410. The number of nitrogens with one attached hydrogen (secondary N) is 1. The fourth-order valence-electron chi connectivity index (χ4n) is 2.62. The maximum atomic E-state index is 11.6.